The number of fused-ring (bicyclic) bond motifs is 2. The zero-order valence-electron chi connectivity index (χ0n) is 14.3. The third-order valence-electron chi connectivity index (χ3n) is 4.86. The van der Waals surface area contributed by atoms with Gasteiger partial charge < -0.3 is 10.1 Å². The molecule has 1 aromatic heterocycles. The maximum Gasteiger partial charge on any atom is 0.307 e. The fourth-order valence-corrected chi connectivity index (χ4v) is 3.69. The van der Waals surface area contributed by atoms with Crippen molar-refractivity contribution in [3.63, 3.8) is 0 Å². The van der Waals surface area contributed by atoms with Crippen LogP contribution >= 0.6 is 0 Å². The van der Waals surface area contributed by atoms with E-state index in [1.807, 2.05) is 25.1 Å². The van der Waals surface area contributed by atoms with Gasteiger partial charge in [0.25, 0.3) is 0 Å². The van der Waals surface area contributed by atoms with Gasteiger partial charge >= 0.3 is 5.97 Å². The van der Waals surface area contributed by atoms with Crippen LogP contribution < -0.4 is 0 Å². The molecule has 4 rings (SSSR count). The quantitative estimate of drug-likeness (QED) is 0.540. The number of carboxylic acid groups (broad SMARTS) is 1. The number of hydrogen-bond acceptors (Lipinski definition) is 1. The lowest BCUT2D eigenvalue weighted by atomic mass is 9.96. The van der Waals surface area contributed by atoms with Crippen LogP contribution in [0, 0.1) is 13.8 Å². The van der Waals surface area contributed by atoms with Crippen molar-refractivity contribution in [2.24, 2.45) is 0 Å². The smallest absolute Gasteiger partial charge is 0.307 e. The molecule has 4 aromatic rings. The molecule has 0 aliphatic heterocycles. The summed E-state index contributed by atoms with van der Waals surface area (Å²) in [6, 6.07) is 18.5. The van der Waals surface area contributed by atoms with Gasteiger partial charge in [-0.2, -0.15) is 0 Å². The number of carbonyl (C=O) groups is 1. The Bertz CT molecular complexity index is 1120. The van der Waals surface area contributed by atoms with E-state index < -0.39 is 5.97 Å². The first-order chi connectivity index (χ1) is 12.1. The minimum Gasteiger partial charge on any atom is -0.481 e. The highest BCUT2D eigenvalue weighted by Gasteiger charge is 2.19. The molecule has 0 spiro atoms. The number of aromatic nitrogens is 1. The number of carboxylic acids is 1. The van der Waals surface area contributed by atoms with Crippen molar-refractivity contribution in [2.75, 3.05) is 0 Å². The summed E-state index contributed by atoms with van der Waals surface area (Å²) in [5.74, 6) is -0.816. The Hall–Kier alpha value is -3.07. The van der Waals surface area contributed by atoms with Crippen molar-refractivity contribution >= 4 is 27.6 Å². The lowest BCUT2D eigenvalue weighted by Crippen LogP contribution is -2.01. The Morgan fingerprint density at radius 2 is 1.68 bits per heavy atom. The van der Waals surface area contributed by atoms with E-state index in [-0.39, 0.29) is 6.42 Å². The van der Waals surface area contributed by atoms with E-state index in [1.54, 1.807) is 0 Å². The summed E-state index contributed by atoms with van der Waals surface area (Å²) in [6.07, 6.45) is 0.00283. The van der Waals surface area contributed by atoms with Crippen LogP contribution in [0.15, 0.2) is 54.6 Å². The van der Waals surface area contributed by atoms with Crippen LogP contribution in [0.5, 0.6) is 0 Å². The lowest BCUT2D eigenvalue weighted by molar-refractivity contribution is -0.136. The van der Waals surface area contributed by atoms with E-state index in [1.165, 1.54) is 0 Å². The largest absolute Gasteiger partial charge is 0.481 e. The number of H-pyrrole nitrogens is 1. The van der Waals surface area contributed by atoms with E-state index in [0.29, 0.717) is 0 Å². The summed E-state index contributed by atoms with van der Waals surface area (Å²) < 4.78 is 0. The normalized spacial score (nSPS) is 11.3. The molecule has 0 amide bonds. The summed E-state index contributed by atoms with van der Waals surface area (Å²) in [4.78, 5) is 15.1. The summed E-state index contributed by atoms with van der Waals surface area (Å²) in [7, 11) is 0. The second kappa shape index (κ2) is 5.78. The van der Waals surface area contributed by atoms with Gasteiger partial charge in [-0.1, -0.05) is 54.6 Å². The molecule has 0 unspecified atom stereocenters. The first kappa shape index (κ1) is 15.5. The van der Waals surface area contributed by atoms with Crippen molar-refractivity contribution in [3.8, 4) is 11.3 Å². The molecule has 0 saturated carbocycles. The zero-order chi connectivity index (χ0) is 17.6. The van der Waals surface area contributed by atoms with Gasteiger partial charge in [0.1, 0.15) is 0 Å². The zero-order valence-corrected chi connectivity index (χ0v) is 14.3. The Balaban J connectivity index is 2.12. The predicted octanol–water partition coefficient (Wildman–Crippen LogP) is 5.23. The van der Waals surface area contributed by atoms with E-state index in [9.17, 15) is 9.90 Å². The molecule has 1 heterocycles. The number of aromatic amines is 1. The molecule has 0 fully saturated rings. The molecular weight excluding hydrogens is 310 g/mol. The van der Waals surface area contributed by atoms with Crippen molar-refractivity contribution in [3.05, 3.63) is 71.3 Å². The molecule has 3 heteroatoms. The van der Waals surface area contributed by atoms with Crippen LogP contribution in [-0.4, -0.2) is 16.1 Å². The number of aliphatic carboxylic acids is 1. The average Bonchev–Trinajstić information content (AvgIpc) is 2.97. The Labute approximate surface area is 145 Å². The highest BCUT2D eigenvalue weighted by molar-refractivity contribution is 6.03. The van der Waals surface area contributed by atoms with Crippen molar-refractivity contribution < 1.29 is 9.90 Å². The van der Waals surface area contributed by atoms with Crippen LogP contribution in [0.4, 0.5) is 0 Å². The average molecular weight is 329 g/mol. The molecule has 3 aromatic carbocycles. The number of benzene rings is 3. The third-order valence-corrected chi connectivity index (χ3v) is 4.86. The number of rotatable bonds is 3. The highest BCUT2D eigenvalue weighted by atomic mass is 16.4. The van der Waals surface area contributed by atoms with E-state index in [4.69, 9.17) is 0 Å². The van der Waals surface area contributed by atoms with Gasteiger partial charge in [0.15, 0.2) is 0 Å². The standard InChI is InChI=1S/C22H19NO2/c1-13-10-11-14(2)21-20(13)18(12-19(24)25)22(23-21)17-9-5-7-15-6-3-4-8-16(15)17/h3-11,23H,12H2,1-2H3,(H,24,25). The number of hydrogen-bond donors (Lipinski definition) is 2. The van der Waals surface area contributed by atoms with Crippen LogP contribution in [0.25, 0.3) is 32.9 Å². The second-order valence-electron chi connectivity index (χ2n) is 6.53. The second-order valence-corrected chi connectivity index (χ2v) is 6.53. The molecule has 0 saturated heterocycles. The summed E-state index contributed by atoms with van der Waals surface area (Å²) in [6.45, 7) is 4.09. The fraction of sp³-hybridized carbons (Fsp3) is 0.136. The van der Waals surface area contributed by atoms with Gasteiger partial charge in [-0.3, -0.25) is 4.79 Å². The number of nitrogens with one attached hydrogen (secondary N) is 1. The maximum absolute atomic E-state index is 11.5. The minimum atomic E-state index is -0.816. The summed E-state index contributed by atoms with van der Waals surface area (Å²) in [5, 5.41) is 12.8. The Morgan fingerprint density at radius 3 is 2.48 bits per heavy atom. The molecular formula is C22H19NO2. The highest BCUT2D eigenvalue weighted by Crippen LogP contribution is 2.37. The molecule has 0 aliphatic rings. The maximum atomic E-state index is 11.5. The molecule has 3 nitrogen and oxygen atoms in total. The van der Waals surface area contributed by atoms with E-state index in [0.717, 1.165) is 49.6 Å². The molecule has 124 valence electrons. The van der Waals surface area contributed by atoms with E-state index >= 15 is 0 Å². The van der Waals surface area contributed by atoms with Gasteiger partial charge in [0, 0.05) is 16.5 Å². The van der Waals surface area contributed by atoms with Crippen molar-refractivity contribution in [1.82, 2.24) is 4.98 Å². The molecule has 2 N–H and O–H groups in total. The minimum absolute atomic E-state index is 0.00283. The molecule has 25 heavy (non-hydrogen) atoms. The molecule has 0 aliphatic carbocycles. The number of aryl methyl sites for hydroxylation is 2. The van der Waals surface area contributed by atoms with Gasteiger partial charge in [0.2, 0.25) is 0 Å². The molecule has 0 bridgehead atoms. The first-order valence-corrected chi connectivity index (χ1v) is 8.37. The Kier molecular flexibility index (Phi) is 3.57. The Morgan fingerprint density at radius 1 is 0.960 bits per heavy atom. The first-order valence-electron chi connectivity index (χ1n) is 8.37. The molecule has 0 atom stereocenters. The molecule has 0 radical (unpaired) electrons. The summed E-state index contributed by atoms with van der Waals surface area (Å²) in [5.41, 5.74) is 6.06. The lowest BCUT2D eigenvalue weighted by Gasteiger charge is -2.08. The van der Waals surface area contributed by atoms with E-state index in [2.05, 4.69) is 48.3 Å². The van der Waals surface area contributed by atoms with Crippen molar-refractivity contribution in [1.29, 1.82) is 0 Å². The fourth-order valence-electron chi connectivity index (χ4n) is 3.69. The van der Waals surface area contributed by atoms with Crippen LogP contribution in [0.3, 0.4) is 0 Å². The van der Waals surface area contributed by atoms with Gasteiger partial charge in [-0.05, 0) is 41.3 Å². The summed E-state index contributed by atoms with van der Waals surface area (Å²) >= 11 is 0. The third kappa shape index (κ3) is 2.49. The SMILES string of the molecule is Cc1ccc(C)c2c(CC(=O)O)c(-c3cccc4ccccc34)[nH]c12. The van der Waals surface area contributed by atoms with Crippen LogP contribution in [0.1, 0.15) is 16.7 Å². The van der Waals surface area contributed by atoms with Gasteiger partial charge in [-0.15, -0.1) is 0 Å². The van der Waals surface area contributed by atoms with Gasteiger partial charge in [-0.25, -0.2) is 0 Å². The van der Waals surface area contributed by atoms with Gasteiger partial charge in [0.05, 0.1) is 12.1 Å². The van der Waals surface area contributed by atoms with Crippen LogP contribution in [0.2, 0.25) is 0 Å². The van der Waals surface area contributed by atoms with Crippen molar-refractivity contribution in [2.45, 2.75) is 20.3 Å². The predicted molar refractivity (Wildman–Crippen MR) is 102 cm³/mol. The topological polar surface area (TPSA) is 53.1 Å². The monoisotopic (exact) mass is 329 g/mol. The van der Waals surface area contributed by atoms with Crippen LogP contribution in [-0.2, 0) is 11.2 Å².